The highest BCUT2D eigenvalue weighted by atomic mass is 16.1. The van der Waals surface area contributed by atoms with Gasteiger partial charge in [0.2, 0.25) is 0 Å². The maximum absolute atomic E-state index is 10.6. The standard InChI is InChI=1S/C7H11NO/c1-5-7(6(2)9)8(3)4/h1,7H,2-4H3/t7-/m0/s1. The van der Waals surface area contributed by atoms with Crippen molar-refractivity contribution in [2.75, 3.05) is 14.1 Å². The highest BCUT2D eigenvalue weighted by Crippen LogP contribution is 1.90. The van der Waals surface area contributed by atoms with Gasteiger partial charge in [0.05, 0.1) is 0 Å². The van der Waals surface area contributed by atoms with E-state index in [4.69, 9.17) is 6.42 Å². The number of ketones is 1. The summed E-state index contributed by atoms with van der Waals surface area (Å²) in [5, 5.41) is 0. The summed E-state index contributed by atoms with van der Waals surface area (Å²) in [5.74, 6) is 2.39. The van der Waals surface area contributed by atoms with E-state index in [1.54, 1.807) is 19.0 Å². The molecule has 0 bridgehead atoms. The van der Waals surface area contributed by atoms with Gasteiger partial charge < -0.3 is 0 Å². The lowest BCUT2D eigenvalue weighted by molar-refractivity contribution is -0.119. The van der Waals surface area contributed by atoms with Crippen LogP contribution in [0.2, 0.25) is 0 Å². The zero-order valence-corrected chi connectivity index (χ0v) is 6.01. The number of nitrogens with zero attached hydrogens (tertiary/aromatic N) is 1. The van der Waals surface area contributed by atoms with Gasteiger partial charge in [-0.3, -0.25) is 9.69 Å². The average Bonchev–Trinajstić information content (AvgIpc) is 1.64. The second-order valence-corrected chi connectivity index (χ2v) is 2.14. The molecule has 0 spiro atoms. The lowest BCUT2D eigenvalue weighted by Crippen LogP contribution is -2.32. The lowest BCUT2D eigenvalue weighted by atomic mass is 10.2. The number of hydrogen-bond donors (Lipinski definition) is 0. The van der Waals surface area contributed by atoms with Crippen LogP contribution in [0.25, 0.3) is 0 Å². The van der Waals surface area contributed by atoms with Crippen molar-refractivity contribution in [1.82, 2.24) is 4.90 Å². The van der Waals surface area contributed by atoms with Gasteiger partial charge in [0.15, 0.2) is 5.78 Å². The Morgan fingerprint density at radius 1 is 1.67 bits per heavy atom. The van der Waals surface area contributed by atoms with Gasteiger partial charge in [-0.05, 0) is 21.0 Å². The Morgan fingerprint density at radius 2 is 2.11 bits per heavy atom. The molecular formula is C7H11NO. The van der Waals surface area contributed by atoms with Crippen molar-refractivity contribution in [3.63, 3.8) is 0 Å². The van der Waals surface area contributed by atoms with Crippen molar-refractivity contribution in [1.29, 1.82) is 0 Å². The van der Waals surface area contributed by atoms with Crippen LogP contribution in [0.5, 0.6) is 0 Å². The molecule has 0 amide bonds. The van der Waals surface area contributed by atoms with Crippen molar-refractivity contribution in [2.24, 2.45) is 0 Å². The first-order valence-corrected chi connectivity index (χ1v) is 2.72. The molecule has 0 fully saturated rings. The molecule has 2 nitrogen and oxygen atoms in total. The van der Waals surface area contributed by atoms with Gasteiger partial charge in [-0.25, -0.2) is 0 Å². The van der Waals surface area contributed by atoms with Crippen LogP contribution in [-0.4, -0.2) is 30.8 Å². The third-order valence-corrected chi connectivity index (χ3v) is 1.06. The summed E-state index contributed by atoms with van der Waals surface area (Å²) in [6.07, 6.45) is 5.06. The molecule has 0 aliphatic rings. The second kappa shape index (κ2) is 3.26. The van der Waals surface area contributed by atoms with E-state index in [0.29, 0.717) is 0 Å². The monoisotopic (exact) mass is 125 g/mol. The summed E-state index contributed by atoms with van der Waals surface area (Å²) < 4.78 is 0. The smallest absolute Gasteiger partial charge is 0.159 e. The molecule has 0 saturated carbocycles. The molecule has 0 aliphatic carbocycles. The molecule has 0 aromatic carbocycles. The molecule has 9 heavy (non-hydrogen) atoms. The number of likely N-dealkylation sites (N-methyl/N-ethyl adjacent to an activating group) is 1. The maximum atomic E-state index is 10.6. The van der Waals surface area contributed by atoms with Gasteiger partial charge in [-0.1, -0.05) is 5.92 Å². The first-order chi connectivity index (χ1) is 4.09. The topological polar surface area (TPSA) is 20.3 Å². The summed E-state index contributed by atoms with van der Waals surface area (Å²) in [7, 11) is 3.57. The average molecular weight is 125 g/mol. The van der Waals surface area contributed by atoms with Crippen LogP contribution in [0.15, 0.2) is 0 Å². The van der Waals surface area contributed by atoms with Crippen molar-refractivity contribution in [3.8, 4) is 12.3 Å². The third-order valence-electron chi connectivity index (χ3n) is 1.06. The Kier molecular flexibility index (Phi) is 2.97. The molecular weight excluding hydrogens is 114 g/mol. The fraction of sp³-hybridized carbons (Fsp3) is 0.571. The van der Waals surface area contributed by atoms with Crippen molar-refractivity contribution >= 4 is 5.78 Å². The molecule has 0 aliphatic heterocycles. The Morgan fingerprint density at radius 3 is 2.11 bits per heavy atom. The van der Waals surface area contributed by atoms with E-state index in [0.717, 1.165) is 0 Å². The Hall–Kier alpha value is -0.810. The van der Waals surface area contributed by atoms with Gasteiger partial charge in [-0.15, -0.1) is 6.42 Å². The van der Waals surface area contributed by atoms with E-state index in [2.05, 4.69) is 5.92 Å². The first kappa shape index (κ1) is 8.19. The Labute approximate surface area is 55.8 Å². The molecule has 0 radical (unpaired) electrons. The summed E-state index contributed by atoms with van der Waals surface area (Å²) in [6, 6.07) is -0.356. The number of Topliss-reactive ketones (excluding diaryl/α,β-unsaturated/α-hetero) is 1. The van der Waals surface area contributed by atoms with Gasteiger partial charge in [-0.2, -0.15) is 0 Å². The molecule has 0 aromatic rings. The molecule has 0 N–H and O–H groups in total. The van der Waals surface area contributed by atoms with Gasteiger partial charge >= 0.3 is 0 Å². The molecule has 0 unspecified atom stereocenters. The number of carbonyl (C=O) groups excluding carboxylic acids is 1. The van der Waals surface area contributed by atoms with E-state index in [1.807, 2.05) is 0 Å². The summed E-state index contributed by atoms with van der Waals surface area (Å²) in [6.45, 7) is 1.49. The van der Waals surface area contributed by atoms with E-state index >= 15 is 0 Å². The van der Waals surface area contributed by atoms with Crippen LogP contribution in [0.3, 0.4) is 0 Å². The molecule has 50 valence electrons. The minimum absolute atomic E-state index is 0.0162. The van der Waals surface area contributed by atoms with E-state index in [-0.39, 0.29) is 11.8 Å². The normalized spacial score (nSPS) is 12.8. The highest BCUT2D eigenvalue weighted by molar-refractivity contribution is 5.84. The maximum Gasteiger partial charge on any atom is 0.159 e. The van der Waals surface area contributed by atoms with Gasteiger partial charge in [0, 0.05) is 0 Å². The number of rotatable bonds is 2. The van der Waals surface area contributed by atoms with Crippen LogP contribution in [0, 0.1) is 12.3 Å². The van der Waals surface area contributed by atoms with Gasteiger partial charge in [0.1, 0.15) is 6.04 Å². The number of carbonyl (C=O) groups is 1. The molecule has 1 atom stereocenters. The molecule has 0 rings (SSSR count). The van der Waals surface area contributed by atoms with E-state index in [9.17, 15) is 4.79 Å². The second-order valence-electron chi connectivity index (χ2n) is 2.14. The SMILES string of the molecule is C#C[C@@H](C(C)=O)N(C)C. The highest BCUT2D eigenvalue weighted by Gasteiger charge is 2.11. The minimum Gasteiger partial charge on any atom is -0.297 e. The van der Waals surface area contributed by atoms with Crippen molar-refractivity contribution < 1.29 is 4.79 Å². The molecule has 0 heterocycles. The zero-order chi connectivity index (χ0) is 7.44. The van der Waals surface area contributed by atoms with Gasteiger partial charge in [0.25, 0.3) is 0 Å². The van der Waals surface area contributed by atoms with Crippen molar-refractivity contribution in [3.05, 3.63) is 0 Å². The van der Waals surface area contributed by atoms with Crippen LogP contribution in [-0.2, 0) is 4.79 Å². The summed E-state index contributed by atoms with van der Waals surface area (Å²) in [4.78, 5) is 12.3. The number of terminal acetylenes is 1. The fourth-order valence-corrected chi connectivity index (χ4v) is 0.630. The number of hydrogen-bond acceptors (Lipinski definition) is 2. The van der Waals surface area contributed by atoms with E-state index in [1.165, 1.54) is 6.92 Å². The van der Waals surface area contributed by atoms with Crippen LogP contribution in [0.1, 0.15) is 6.92 Å². The largest absolute Gasteiger partial charge is 0.297 e. The summed E-state index contributed by atoms with van der Waals surface area (Å²) >= 11 is 0. The van der Waals surface area contributed by atoms with Crippen molar-refractivity contribution in [2.45, 2.75) is 13.0 Å². The lowest BCUT2D eigenvalue weighted by Gasteiger charge is -2.14. The van der Waals surface area contributed by atoms with Crippen LogP contribution >= 0.6 is 0 Å². The van der Waals surface area contributed by atoms with E-state index < -0.39 is 0 Å². The minimum atomic E-state index is -0.356. The van der Waals surface area contributed by atoms with Crippen LogP contribution in [0.4, 0.5) is 0 Å². The fourth-order valence-electron chi connectivity index (χ4n) is 0.630. The quantitative estimate of drug-likeness (QED) is 0.489. The predicted molar refractivity (Wildman–Crippen MR) is 37.0 cm³/mol. The molecule has 0 aromatic heterocycles. The Balaban J connectivity index is 4.04. The van der Waals surface area contributed by atoms with Crippen LogP contribution < -0.4 is 0 Å². The molecule has 0 saturated heterocycles. The molecule has 2 heteroatoms. The predicted octanol–water partition coefficient (Wildman–Crippen LogP) is 0.139. The summed E-state index contributed by atoms with van der Waals surface area (Å²) in [5.41, 5.74) is 0. The third kappa shape index (κ3) is 2.29. The Bertz CT molecular complexity index is 143. The zero-order valence-electron chi connectivity index (χ0n) is 6.01. The first-order valence-electron chi connectivity index (χ1n) is 2.72.